The number of carbonyl (C=O) groups excluding carboxylic acids is 3. The van der Waals surface area contributed by atoms with Crippen molar-refractivity contribution in [2.45, 2.75) is 52.0 Å². The first-order valence-corrected chi connectivity index (χ1v) is 10.2. The average Bonchev–Trinajstić information content (AvgIpc) is 2.99. The number of para-hydroxylation sites is 1. The normalized spacial score (nSPS) is 19.5. The molecular formula is C23H24FN3O3. The Bertz CT molecular complexity index is 1060. The molecule has 30 heavy (non-hydrogen) atoms. The van der Waals surface area contributed by atoms with Crippen molar-refractivity contribution in [3.8, 4) is 5.69 Å². The van der Waals surface area contributed by atoms with E-state index in [-0.39, 0.29) is 17.4 Å². The monoisotopic (exact) mass is 409 g/mol. The molecule has 0 bridgehead atoms. The van der Waals surface area contributed by atoms with Gasteiger partial charge in [0.1, 0.15) is 11.4 Å². The van der Waals surface area contributed by atoms with Gasteiger partial charge in [0.05, 0.1) is 5.69 Å². The number of nitrogens with zero attached hydrogens (tertiary/aromatic N) is 2. The molecule has 7 heteroatoms. The Kier molecular flexibility index (Phi) is 5.28. The number of aromatic nitrogens is 1. The van der Waals surface area contributed by atoms with Crippen molar-refractivity contribution < 1.29 is 18.8 Å². The zero-order chi connectivity index (χ0) is 21.4. The number of barbiturate groups is 1. The minimum Gasteiger partial charge on any atom is -0.315 e. The number of nitrogens with one attached hydrogen (secondary N) is 1. The molecule has 2 heterocycles. The quantitative estimate of drug-likeness (QED) is 0.615. The topological polar surface area (TPSA) is 71.4 Å². The van der Waals surface area contributed by atoms with Crippen molar-refractivity contribution in [3.63, 3.8) is 0 Å². The van der Waals surface area contributed by atoms with Crippen LogP contribution in [0.5, 0.6) is 0 Å². The van der Waals surface area contributed by atoms with Crippen molar-refractivity contribution in [2.75, 3.05) is 0 Å². The second-order valence-electron chi connectivity index (χ2n) is 7.90. The van der Waals surface area contributed by atoms with Gasteiger partial charge in [0.25, 0.3) is 11.8 Å². The summed E-state index contributed by atoms with van der Waals surface area (Å²) in [6, 6.07) is 7.40. The van der Waals surface area contributed by atoms with Crippen molar-refractivity contribution in [3.05, 3.63) is 58.7 Å². The van der Waals surface area contributed by atoms with E-state index in [1.807, 2.05) is 6.92 Å². The first kappa shape index (κ1) is 20.1. The average molecular weight is 409 g/mol. The van der Waals surface area contributed by atoms with Crippen LogP contribution in [0.3, 0.4) is 0 Å². The summed E-state index contributed by atoms with van der Waals surface area (Å²) in [7, 11) is 0. The SMILES string of the molecule is Cc1cc(C=C2C(=O)NC(=O)N(C3CCCCC3)C2=O)c(C)n1-c1ccccc1F. The maximum absolute atomic E-state index is 14.3. The zero-order valence-corrected chi connectivity index (χ0v) is 17.1. The fourth-order valence-corrected chi connectivity index (χ4v) is 4.43. The smallest absolute Gasteiger partial charge is 0.315 e. The Morgan fingerprint density at radius 2 is 1.77 bits per heavy atom. The van der Waals surface area contributed by atoms with Crippen LogP contribution in [0.25, 0.3) is 11.8 Å². The van der Waals surface area contributed by atoms with Crippen LogP contribution in [0.15, 0.2) is 35.9 Å². The molecule has 6 nitrogen and oxygen atoms in total. The number of benzene rings is 1. The highest BCUT2D eigenvalue weighted by Crippen LogP contribution is 2.28. The third kappa shape index (κ3) is 3.44. The van der Waals surface area contributed by atoms with E-state index < -0.39 is 17.8 Å². The summed E-state index contributed by atoms with van der Waals surface area (Å²) in [5.41, 5.74) is 2.43. The number of rotatable bonds is 3. The molecule has 1 aromatic heterocycles. The Hall–Kier alpha value is -3.22. The third-order valence-electron chi connectivity index (χ3n) is 5.94. The first-order valence-electron chi connectivity index (χ1n) is 10.2. The number of urea groups is 1. The van der Waals surface area contributed by atoms with Crippen LogP contribution in [-0.2, 0) is 9.59 Å². The molecule has 1 N–H and O–H groups in total. The Labute approximate surface area is 174 Å². The number of hydrogen-bond donors (Lipinski definition) is 1. The molecule has 0 spiro atoms. The Morgan fingerprint density at radius 1 is 1.07 bits per heavy atom. The van der Waals surface area contributed by atoms with Gasteiger partial charge >= 0.3 is 6.03 Å². The van der Waals surface area contributed by atoms with Gasteiger partial charge < -0.3 is 4.57 Å². The molecule has 1 aliphatic carbocycles. The summed E-state index contributed by atoms with van der Waals surface area (Å²) in [5.74, 6) is -1.63. The van der Waals surface area contributed by atoms with Gasteiger partial charge in [0.2, 0.25) is 0 Å². The van der Waals surface area contributed by atoms with E-state index in [9.17, 15) is 18.8 Å². The lowest BCUT2D eigenvalue weighted by molar-refractivity contribution is -0.132. The Balaban J connectivity index is 1.73. The molecule has 0 unspecified atom stereocenters. The third-order valence-corrected chi connectivity index (χ3v) is 5.94. The fraction of sp³-hybridized carbons (Fsp3) is 0.348. The summed E-state index contributed by atoms with van der Waals surface area (Å²) in [4.78, 5) is 39.1. The number of imide groups is 2. The van der Waals surface area contributed by atoms with Crippen LogP contribution in [-0.4, -0.2) is 33.4 Å². The van der Waals surface area contributed by atoms with Crippen LogP contribution in [0.2, 0.25) is 0 Å². The summed E-state index contributed by atoms with van der Waals surface area (Å²) < 4.78 is 16.1. The van der Waals surface area contributed by atoms with Gasteiger partial charge in [-0.05, 0) is 56.5 Å². The highest BCUT2D eigenvalue weighted by molar-refractivity contribution is 6.31. The highest BCUT2D eigenvalue weighted by Gasteiger charge is 2.40. The standard InChI is InChI=1S/C23H24FN3O3/c1-14-12-16(15(2)26(14)20-11-7-6-10-19(20)24)13-18-21(28)25-23(30)27(22(18)29)17-8-4-3-5-9-17/h6-7,10-13,17H,3-5,8-9H2,1-2H3,(H,25,28,30). The highest BCUT2D eigenvalue weighted by atomic mass is 19.1. The summed E-state index contributed by atoms with van der Waals surface area (Å²) in [6.45, 7) is 3.64. The predicted molar refractivity (Wildman–Crippen MR) is 110 cm³/mol. The lowest BCUT2D eigenvalue weighted by atomic mass is 9.93. The van der Waals surface area contributed by atoms with Crippen LogP contribution >= 0.6 is 0 Å². The molecule has 1 saturated carbocycles. The molecule has 1 saturated heterocycles. The van der Waals surface area contributed by atoms with E-state index >= 15 is 0 Å². The van der Waals surface area contributed by atoms with Gasteiger partial charge in [-0.25, -0.2) is 9.18 Å². The number of aryl methyl sites for hydroxylation is 1. The first-order chi connectivity index (χ1) is 14.4. The van der Waals surface area contributed by atoms with Crippen LogP contribution < -0.4 is 5.32 Å². The van der Waals surface area contributed by atoms with Crippen LogP contribution in [0.1, 0.15) is 49.1 Å². The molecule has 1 aliphatic heterocycles. The van der Waals surface area contributed by atoms with Crippen LogP contribution in [0, 0.1) is 19.7 Å². The van der Waals surface area contributed by atoms with Gasteiger partial charge in [-0.2, -0.15) is 0 Å². The second kappa shape index (κ2) is 7.89. The van der Waals surface area contributed by atoms with E-state index in [1.165, 1.54) is 17.0 Å². The van der Waals surface area contributed by atoms with Crippen molar-refractivity contribution in [1.82, 2.24) is 14.8 Å². The molecular weight excluding hydrogens is 385 g/mol. The number of amides is 4. The van der Waals surface area contributed by atoms with E-state index in [2.05, 4.69) is 5.32 Å². The molecule has 0 atom stereocenters. The van der Waals surface area contributed by atoms with Crippen molar-refractivity contribution >= 4 is 23.9 Å². The maximum Gasteiger partial charge on any atom is 0.331 e. The lowest BCUT2D eigenvalue weighted by Gasteiger charge is -2.35. The molecule has 2 aliphatic rings. The summed E-state index contributed by atoms with van der Waals surface area (Å²) >= 11 is 0. The van der Waals surface area contributed by atoms with Gasteiger partial charge in [-0.3, -0.25) is 19.8 Å². The minimum atomic E-state index is -0.701. The second-order valence-corrected chi connectivity index (χ2v) is 7.90. The lowest BCUT2D eigenvalue weighted by Crippen LogP contribution is -2.58. The molecule has 2 fully saturated rings. The van der Waals surface area contributed by atoms with E-state index in [0.717, 1.165) is 37.8 Å². The van der Waals surface area contributed by atoms with Gasteiger partial charge in [0, 0.05) is 17.4 Å². The van der Waals surface area contributed by atoms with Gasteiger partial charge in [-0.15, -0.1) is 0 Å². The summed E-state index contributed by atoms with van der Waals surface area (Å²) in [6.07, 6.45) is 6.01. The Morgan fingerprint density at radius 3 is 2.47 bits per heavy atom. The summed E-state index contributed by atoms with van der Waals surface area (Å²) in [5, 5.41) is 2.30. The molecule has 4 amide bonds. The number of hydrogen-bond acceptors (Lipinski definition) is 3. The number of carbonyl (C=O) groups is 3. The molecule has 0 radical (unpaired) electrons. The van der Waals surface area contributed by atoms with Crippen molar-refractivity contribution in [2.24, 2.45) is 0 Å². The molecule has 4 rings (SSSR count). The predicted octanol–water partition coefficient (Wildman–Crippen LogP) is 4.03. The van der Waals surface area contributed by atoms with E-state index in [1.54, 1.807) is 35.8 Å². The van der Waals surface area contributed by atoms with Crippen LogP contribution in [0.4, 0.5) is 9.18 Å². The van der Waals surface area contributed by atoms with Crippen molar-refractivity contribution in [1.29, 1.82) is 0 Å². The largest absolute Gasteiger partial charge is 0.331 e. The zero-order valence-electron chi connectivity index (χ0n) is 17.1. The number of halogens is 1. The molecule has 156 valence electrons. The molecule has 2 aromatic rings. The fourth-order valence-electron chi connectivity index (χ4n) is 4.43. The molecule has 1 aromatic carbocycles. The minimum absolute atomic E-state index is 0.0750. The van der Waals surface area contributed by atoms with Gasteiger partial charge in [0.15, 0.2) is 0 Å². The van der Waals surface area contributed by atoms with E-state index in [0.29, 0.717) is 16.9 Å². The van der Waals surface area contributed by atoms with Gasteiger partial charge in [-0.1, -0.05) is 31.4 Å². The van der Waals surface area contributed by atoms with E-state index in [4.69, 9.17) is 0 Å². The maximum atomic E-state index is 14.3.